The third kappa shape index (κ3) is 3.68. The summed E-state index contributed by atoms with van der Waals surface area (Å²) in [5, 5.41) is 11.2. The molecule has 1 aromatic rings. The minimum Gasteiger partial charge on any atom is -0.487 e. The van der Waals surface area contributed by atoms with Gasteiger partial charge in [0.2, 0.25) is 0 Å². The highest BCUT2D eigenvalue weighted by Crippen LogP contribution is 2.39. The van der Waals surface area contributed by atoms with Crippen LogP contribution in [0.4, 0.5) is 5.69 Å². The molecular formula is C18H21NO7. The van der Waals surface area contributed by atoms with Gasteiger partial charge in [-0.2, -0.15) is 0 Å². The predicted molar refractivity (Wildman–Crippen MR) is 92.3 cm³/mol. The van der Waals surface area contributed by atoms with Crippen molar-refractivity contribution in [3.63, 3.8) is 0 Å². The van der Waals surface area contributed by atoms with Gasteiger partial charge in [0.15, 0.2) is 5.75 Å². The van der Waals surface area contributed by atoms with Crippen molar-refractivity contribution < 1.29 is 28.7 Å². The molecule has 0 spiro atoms. The van der Waals surface area contributed by atoms with E-state index in [1.807, 2.05) is 0 Å². The normalized spacial score (nSPS) is 20.3. The molecule has 1 saturated heterocycles. The van der Waals surface area contributed by atoms with Gasteiger partial charge < -0.3 is 14.2 Å². The zero-order valence-electron chi connectivity index (χ0n) is 15.3. The second-order valence-electron chi connectivity index (χ2n) is 6.95. The van der Waals surface area contributed by atoms with Crippen LogP contribution in [-0.2, 0) is 19.1 Å². The van der Waals surface area contributed by atoms with Crippen LogP contribution in [0.5, 0.6) is 5.75 Å². The molecule has 0 radical (unpaired) electrons. The van der Waals surface area contributed by atoms with Crippen molar-refractivity contribution in [3.05, 3.63) is 39.4 Å². The Labute approximate surface area is 150 Å². The van der Waals surface area contributed by atoms with Gasteiger partial charge in [-0.05, 0) is 24.6 Å². The van der Waals surface area contributed by atoms with Gasteiger partial charge in [-0.25, -0.2) is 9.59 Å². The van der Waals surface area contributed by atoms with E-state index in [-0.39, 0.29) is 29.2 Å². The highest BCUT2D eigenvalue weighted by molar-refractivity contribution is 6.19. The maximum absolute atomic E-state index is 12.3. The number of nitro benzene ring substituents is 1. The summed E-state index contributed by atoms with van der Waals surface area (Å²) in [5.74, 6) is -2.97. The molecule has 26 heavy (non-hydrogen) atoms. The minimum absolute atomic E-state index is 0.105. The van der Waals surface area contributed by atoms with Crippen molar-refractivity contribution in [1.29, 1.82) is 0 Å². The van der Waals surface area contributed by atoms with Crippen molar-refractivity contribution in [2.45, 2.75) is 40.4 Å². The van der Waals surface area contributed by atoms with Crippen LogP contribution in [-0.4, -0.2) is 29.3 Å². The number of nitro groups is 1. The van der Waals surface area contributed by atoms with Gasteiger partial charge in [0.05, 0.1) is 11.5 Å². The van der Waals surface area contributed by atoms with Crippen LogP contribution in [0.25, 0.3) is 6.08 Å². The van der Waals surface area contributed by atoms with E-state index in [4.69, 9.17) is 14.2 Å². The lowest BCUT2D eigenvalue weighted by atomic mass is 9.85. The summed E-state index contributed by atoms with van der Waals surface area (Å²) >= 11 is 0. The Morgan fingerprint density at radius 1 is 1.23 bits per heavy atom. The zero-order chi connectivity index (χ0) is 19.7. The maximum Gasteiger partial charge on any atom is 0.348 e. The lowest BCUT2D eigenvalue weighted by Crippen LogP contribution is -2.52. The fraction of sp³-hybridized carbons (Fsp3) is 0.444. The first-order chi connectivity index (χ1) is 12.0. The van der Waals surface area contributed by atoms with Crippen LogP contribution >= 0.6 is 0 Å². The van der Waals surface area contributed by atoms with E-state index in [0.29, 0.717) is 0 Å². The molecule has 0 N–H and O–H groups in total. The van der Waals surface area contributed by atoms with Crippen LogP contribution in [0.1, 0.15) is 40.2 Å². The average Bonchev–Trinajstić information content (AvgIpc) is 2.51. The van der Waals surface area contributed by atoms with E-state index in [1.165, 1.54) is 31.2 Å². The van der Waals surface area contributed by atoms with Crippen molar-refractivity contribution in [2.24, 2.45) is 5.41 Å². The van der Waals surface area contributed by atoms with Crippen LogP contribution in [0.2, 0.25) is 0 Å². The minimum atomic E-state index is -1.40. The number of hydrogen-bond acceptors (Lipinski definition) is 7. The van der Waals surface area contributed by atoms with E-state index < -0.39 is 28.1 Å². The molecule has 0 aromatic heterocycles. The molecule has 1 fully saturated rings. The van der Waals surface area contributed by atoms with E-state index >= 15 is 0 Å². The zero-order valence-corrected chi connectivity index (χ0v) is 15.3. The molecule has 1 aliphatic rings. The number of hydrogen-bond donors (Lipinski definition) is 0. The van der Waals surface area contributed by atoms with Gasteiger partial charge in [0.1, 0.15) is 5.57 Å². The van der Waals surface area contributed by atoms with E-state index in [1.54, 1.807) is 27.7 Å². The van der Waals surface area contributed by atoms with E-state index in [9.17, 15) is 19.7 Å². The number of ether oxygens (including phenoxy) is 3. The quantitative estimate of drug-likeness (QED) is 0.266. The Bertz CT molecular complexity index is 769. The lowest BCUT2D eigenvalue weighted by molar-refractivity contribution is -0.385. The molecule has 1 aromatic carbocycles. The Hall–Kier alpha value is -2.90. The van der Waals surface area contributed by atoms with E-state index in [2.05, 4.69) is 0 Å². The van der Waals surface area contributed by atoms with Crippen molar-refractivity contribution in [2.75, 3.05) is 6.61 Å². The number of benzene rings is 1. The lowest BCUT2D eigenvalue weighted by Gasteiger charge is -2.42. The van der Waals surface area contributed by atoms with E-state index in [0.717, 1.165) is 0 Å². The van der Waals surface area contributed by atoms with Gasteiger partial charge in [0.25, 0.3) is 5.79 Å². The highest BCUT2D eigenvalue weighted by Gasteiger charge is 2.50. The molecule has 1 aliphatic heterocycles. The summed E-state index contributed by atoms with van der Waals surface area (Å²) in [6.07, 6.45) is 1.20. The largest absolute Gasteiger partial charge is 0.487 e. The molecule has 140 valence electrons. The number of rotatable bonds is 4. The van der Waals surface area contributed by atoms with Crippen molar-refractivity contribution >= 4 is 23.7 Å². The molecule has 0 unspecified atom stereocenters. The fourth-order valence-corrected chi connectivity index (χ4v) is 2.20. The third-order valence-corrected chi connectivity index (χ3v) is 4.17. The number of carbonyl (C=O) groups is 2. The Morgan fingerprint density at radius 2 is 1.81 bits per heavy atom. The summed E-state index contributed by atoms with van der Waals surface area (Å²) in [7, 11) is 0. The molecule has 8 nitrogen and oxygen atoms in total. The number of carbonyl (C=O) groups excluding carboxylic acids is 2. The first kappa shape index (κ1) is 19.4. The molecule has 0 aliphatic carbocycles. The van der Waals surface area contributed by atoms with Crippen LogP contribution in [0, 0.1) is 15.5 Å². The van der Waals surface area contributed by atoms with Crippen LogP contribution in [0.15, 0.2) is 23.8 Å². The summed E-state index contributed by atoms with van der Waals surface area (Å²) in [5.41, 5.74) is -0.936. The molecule has 0 bridgehead atoms. The standard InChI is InChI=1S/C18H21NO7/c1-6-24-14-8-7-11(10-13(14)19(22)23)9-12-15(20)25-18(5,17(2,3)4)26-16(12)21/h7-10H,6H2,1-5H3. The molecule has 8 heteroatoms. The molecular weight excluding hydrogens is 342 g/mol. The monoisotopic (exact) mass is 363 g/mol. The first-order valence-electron chi connectivity index (χ1n) is 8.08. The Morgan fingerprint density at radius 3 is 2.27 bits per heavy atom. The average molecular weight is 363 g/mol. The number of cyclic esters (lactones) is 2. The topological polar surface area (TPSA) is 105 Å². The highest BCUT2D eigenvalue weighted by atomic mass is 16.7. The molecule has 1 heterocycles. The van der Waals surface area contributed by atoms with Crippen molar-refractivity contribution in [1.82, 2.24) is 0 Å². The van der Waals surface area contributed by atoms with Gasteiger partial charge in [-0.3, -0.25) is 10.1 Å². The Kier molecular flexibility index (Phi) is 5.06. The Balaban J connectivity index is 2.39. The smallest absolute Gasteiger partial charge is 0.348 e. The van der Waals surface area contributed by atoms with Crippen LogP contribution < -0.4 is 4.74 Å². The number of nitrogens with zero attached hydrogens (tertiary/aromatic N) is 1. The summed E-state index contributed by atoms with van der Waals surface area (Å²) < 4.78 is 15.9. The van der Waals surface area contributed by atoms with Gasteiger partial charge in [-0.1, -0.05) is 26.8 Å². The summed E-state index contributed by atoms with van der Waals surface area (Å²) in [4.78, 5) is 35.2. The molecule has 0 atom stereocenters. The first-order valence-corrected chi connectivity index (χ1v) is 8.08. The third-order valence-electron chi connectivity index (χ3n) is 4.17. The molecule has 0 amide bonds. The predicted octanol–water partition coefficient (Wildman–Crippen LogP) is 3.24. The summed E-state index contributed by atoms with van der Waals surface area (Å²) in [6, 6.07) is 4.13. The van der Waals surface area contributed by atoms with Crippen LogP contribution in [0.3, 0.4) is 0 Å². The number of esters is 2. The molecule has 0 saturated carbocycles. The SMILES string of the molecule is CCOc1ccc(C=C2C(=O)OC(C)(C(C)(C)C)OC2=O)cc1[N+](=O)[O-]. The van der Waals surface area contributed by atoms with Gasteiger partial charge >= 0.3 is 17.6 Å². The second-order valence-corrected chi connectivity index (χ2v) is 6.95. The van der Waals surface area contributed by atoms with Gasteiger partial charge in [-0.15, -0.1) is 0 Å². The van der Waals surface area contributed by atoms with Gasteiger partial charge in [0, 0.05) is 18.4 Å². The fourth-order valence-electron chi connectivity index (χ4n) is 2.20. The van der Waals surface area contributed by atoms with Crippen molar-refractivity contribution in [3.8, 4) is 5.75 Å². The second kappa shape index (κ2) is 6.78. The summed E-state index contributed by atoms with van der Waals surface area (Å²) in [6.45, 7) is 8.82. The maximum atomic E-state index is 12.3. The molecule has 2 rings (SSSR count).